The molecule has 6 heteroatoms. The van der Waals surface area contributed by atoms with Crippen LogP contribution in [0.15, 0.2) is 29.3 Å². The van der Waals surface area contributed by atoms with Gasteiger partial charge in [0.15, 0.2) is 5.96 Å². The molecule has 0 unspecified atom stereocenters. The van der Waals surface area contributed by atoms with Crippen molar-refractivity contribution >= 4 is 41.5 Å². The zero-order valence-corrected chi connectivity index (χ0v) is 15.0. The van der Waals surface area contributed by atoms with Gasteiger partial charge in [-0.2, -0.15) is 0 Å². The Hall–Kier alpha value is -1.75. The third-order valence-electron chi connectivity index (χ3n) is 3.34. The largest absolute Gasteiger partial charge is 0.347 e. The number of halogens is 1. The lowest BCUT2D eigenvalue weighted by atomic mass is 10.2. The summed E-state index contributed by atoms with van der Waals surface area (Å²) in [4.78, 5) is 18.3. The van der Waals surface area contributed by atoms with Gasteiger partial charge in [-0.05, 0) is 31.0 Å². The van der Waals surface area contributed by atoms with Gasteiger partial charge in [0.05, 0.1) is 6.54 Å². The predicted molar refractivity (Wildman–Crippen MR) is 101 cm³/mol. The summed E-state index contributed by atoms with van der Waals surface area (Å²) in [5.74, 6) is 3.20. The van der Waals surface area contributed by atoms with Gasteiger partial charge in [0.25, 0.3) is 0 Å². The van der Waals surface area contributed by atoms with Crippen molar-refractivity contribution in [3.8, 4) is 12.3 Å². The summed E-state index contributed by atoms with van der Waals surface area (Å²) >= 11 is 0. The Bertz CT molecular complexity index is 574. The number of amides is 1. The Morgan fingerprint density at radius 3 is 2.77 bits per heavy atom. The van der Waals surface area contributed by atoms with Crippen LogP contribution in [0.2, 0.25) is 0 Å². The van der Waals surface area contributed by atoms with Gasteiger partial charge in [-0.25, -0.2) is 0 Å². The van der Waals surface area contributed by atoms with Gasteiger partial charge in [-0.1, -0.05) is 12.0 Å². The number of aliphatic imine (C=N–C) groups is 1. The molecule has 2 rings (SSSR count). The minimum absolute atomic E-state index is 0. The van der Waals surface area contributed by atoms with Crippen LogP contribution < -0.4 is 10.6 Å². The van der Waals surface area contributed by atoms with Crippen LogP contribution >= 0.6 is 24.0 Å². The van der Waals surface area contributed by atoms with Gasteiger partial charge in [0, 0.05) is 31.4 Å². The van der Waals surface area contributed by atoms with Crippen LogP contribution in [0.25, 0.3) is 0 Å². The smallest absolute Gasteiger partial charge is 0.243 e. The summed E-state index contributed by atoms with van der Waals surface area (Å²) < 4.78 is 0. The van der Waals surface area contributed by atoms with Crippen LogP contribution in [0.3, 0.4) is 0 Å². The number of hydrogen-bond donors (Lipinski definition) is 2. The summed E-state index contributed by atoms with van der Waals surface area (Å²) in [6, 6.07) is 7.23. The molecular formula is C16H21IN4O. The van der Waals surface area contributed by atoms with Gasteiger partial charge in [0.2, 0.25) is 5.91 Å². The Morgan fingerprint density at radius 2 is 2.14 bits per heavy atom. The predicted octanol–water partition coefficient (Wildman–Crippen LogP) is 1.90. The number of guanidine groups is 1. The summed E-state index contributed by atoms with van der Waals surface area (Å²) in [5, 5.41) is 5.90. The average Bonchev–Trinajstić information content (AvgIpc) is 3.02. The summed E-state index contributed by atoms with van der Waals surface area (Å²) in [5.41, 5.74) is 1.45. The zero-order chi connectivity index (χ0) is 15.1. The highest BCUT2D eigenvalue weighted by molar-refractivity contribution is 14.0. The van der Waals surface area contributed by atoms with Gasteiger partial charge >= 0.3 is 0 Å². The maximum atomic E-state index is 11.9. The van der Waals surface area contributed by atoms with Crippen LogP contribution in [0.4, 0.5) is 5.69 Å². The summed E-state index contributed by atoms with van der Waals surface area (Å²) in [6.45, 7) is 2.17. The number of likely N-dealkylation sites (tertiary alicyclic amines) is 1. The quantitative estimate of drug-likeness (QED) is 0.345. The zero-order valence-electron chi connectivity index (χ0n) is 12.6. The normalized spacial score (nSPS) is 14.0. The second-order valence-electron chi connectivity index (χ2n) is 4.87. The minimum atomic E-state index is -0.121. The van der Waals surface area contributed by atoms with E-state index in [0.29, 0.717) is 5.69 Å². The van der Waals surface area contributed by atoms with E-state index in [2.05, 4.69) is 26.4 Å². The van der Waals surface area contributed by atoms with Crippen molar-refractivity contribution in [1.82, 2.24) is 10.2 Å². The molecule has 5 nitrogen and oxygen atoms in total. The van der Waals surface area contributed by atoms with Gasteiger partial charge in [-0.15, -0.1) is 30.4 Å². The van der Waals surface area contributed by atoms with Crippen molar-refractivity contribution in [2.75, 3.05) is 32.0 Å². The van der Waals surface area contributed by atoms with Crippen LogP contribution in [0.1, 0.15) is 18.4 Å². The molecule has 1 aliphatic rings. The lowest BCUT2D eigenvalue weighted by molar-refractivity contribution is -0.115. The number of rotatable bonds is 3. The van der Waals surface area contributed by atoms with Gasteiger partial charge in [0.1, 0.15) is 0 Å². The van der Waals surface area contributed by atoms with E-state index in [1.54, 1.807) is 13.1 Å². The molecule has 1 aliphatic heterocycles. The number of nitrogens with one attached hydrogen (secondary N) is 2. The number of terminal acetylenes is 1. The molecule has 1 heterocycles. The van der Waals surface area contributed by atoms with E-state index in [1.807, 2.05) is 18.2 Å². The third kappa shape index (κ3) is 5.22. The molecule has 0 radical (unpaired) electrons. The first-order valence-electron chi connectivity index (χ1n) is 7.05. The summed E-state index contributed by atoms with van der Waals surface area (Å²) in [6.07, 6.45) is 7.68. The lowest BCUT2D eigenvalue weighted by Crippen LogP contribution is -2.42. The molecule has 1 aromatic rings. The fourth-order valence-corrected chi connectivity index (χ4v) is 2.31. The topological polar surface area (TPSA) is 56.7 Å². The molecule has 118 valence electrons. The monoisotopic (exact) mass is 412 g/mol. The fourth-order valence-electron chi connectivity index (χ4n) is 2.31. The first-order chi connectivity index (χ1) is 10.2. The fraction of sp³-hybridized carbons (Fsp3) is 0.375. The number of carbonyl (C=O) groups is 1. The van der Waals surface area contributed by atoms with Gasteiger partial charge < -0.3 is 15.5 Å². The van der Waals surface area contributed by atoms with Crippen molar-refractivity contribution in [2.24, 2.45) is 4.99 Å². The highest BCUT2D eigenvalue weighted by Crippen LogP contribution is 2.09. The van der Waals surface area contributed by atoms with Crippen LogP contribution in [-0.2, 0) is 4.79 Å². The van der Waals surface area contributed by atoms with Crippen LogP contribution in [0.5, 0.6) is 0 Å². The number of anilines is 1. The second kappa shape index (κ2) is 9.30. The molecule has 0 saturated carbocycles. The lowest BCUT2D eigenvalue weighted by Gasteiger charge is -2.20. The number of nitrogens with zero attached hydrogens (tertiary/aromatic N) is 2. The Balaban J connectivity index is 0.00000242. The molecule has 1 aromatic carbocycles. The van der Waals surface area contributed by atoms with E-state index in [1.165, 1.54) is 12.8 Å². The Kier molecular flexibility index (Phi) is 7.74. The molecule has 2 N–H and O–H groups in total. The Morgan fingerprint density at radius 1 is 1.41 bits per heavy atom. The number of hydrogen-bond acceptors (Lipinski definition) is 2. The molecule has 0 aliphatic carbocycles. The molecule has 0 atom stereocenters. The SMILES string of the molecule is C#Cc1cccc(NC(=O)CNC(=NC)N2CCCC2)c1.I. The van der Waals surface area contributed by atoms with Crippen molar-refractivity contribution < 1.29 is 4.79 Å². The molecular weight excluding hydrogens is 391 g/mol. The highest BCUT2D eigenvalue weighted by Gasteiger charge is 2.16. The molecule has 1 amide bonds. The van der Waals surface area contributed by atoms with E-state index >= 15 is 0 Å². The maximum Gasteiger partial charge on any atom is 0.243 e. The van der Waals surface area contributed by atoms with E-state index in [4.69, 9.17) is 6.42 Å². The first-order valence-corrected chi connectivity index (χ1v) is 7.05. The first kappa shape index (κ1) is 18.3. The van der Waals surface area contributed by atoms with Crippen LogP contribution in [-0.4, -0.2) is 43.4 Å². The van der Waals surface area contributed by atoms with E-state index in [0.717, 1.165) is 24.6 Å². The van der Waals surface area contributed by atoms with E-state index in [-0.39, 0.29) is 36.4 Å². The maximum absolute atomic E-state index is 11.9. The van der Waals surface area contributed by atoms with Crippen LogP contribution in [0, 0.1) is 12.3 Å². The molecule has 22 heavy (non-hydrogen) atoms. The standard InChI is InChI=1S/C16H20N4O.HI/c1-3-13-7-6-8-14(11-13)19-15(21)12-18-16(17-2)20-9-4-5-10-20;/h1,6-8,11H,4-5,9-10,12H2,2H3,(H,17,18)(H,19,21);1H. The molecule has 1 saturated heterocycles. The summed E-state index contributed by atoms with van der Waals surface area (Å²) in [7, 11) is 1.73. The van der Waals surface area contributed by atoms with Gasteiger partial charge in [-0.3, -0.25) is 9.79 Å². The van der Waals surface area contributed by atoms with Crippen molar-refractivity contribution in [3.05, 3.63) is 29.8 Å². The van der Waals surface area contributed by atoms with Crippen molar-refractivity contribution in [3.63, 3.8) is 0 Å². The third-order valence-corrected chi connectivity index (χ3v) is 3.34. The van der Waals surface area contributed by atoms with E-state index < -0.39 is 0 Å². The Labute approximate surface area is 148 Å². The molecule has 0 bridgehead atoms. The average molecular weight is 412 g/mol. The van der Waals surface area contributed by atoms with Crippen molar-refractivity contribution in [1.29, 1.82) is 0 Å². The van der Waals surface area contributed by atoms with E-state index in [9.17, 15) is 4.79 Å². The minimum Gasteiger partial charge on any atom is -0.347 e. The second-order valence-corrected chi connectivity index (χ2v) is 4.87. The molecule has 0 spiro atoms. The van der Waals surface area contributed by atoms with Crippen molar-refractivity contribution in [2.45, 2.75) is 12.8 Å². The number of carbonyl (C=O) groups excluding carboxylic acids is 1. The molecule has 0 aromatic heterocycles. The number of benzene rings is 1. The highest BCUT2D eigenvalue weighted by atomic mass is 127. The molecule has 1 fully saturated rings.